The van der Waals surface area contributed by atoms with E-state index in [1.165, 1.54) is 15.6 Å². The molecule has 1 aliphatic rings. The van der Waals surface area contributed by atoms with Crippen LogP contribution in [0.3, 0.4) is 0 Å². The fourth-order valence-corrected chi connectivity index (χ4v) is 5.51. The molecule has 2 heterocycles. The normalized spacial score (nSPS) is 17.4. The van der Waals surface area contributed by atoms with E-state index in [4.69, 9.17) is 0 Å². The largest absolute Gasteiger partial charge is 0.300 e. The minimum Gasteiger partial charge on any atom is -0.300 e. The lowest BCUT2D eigenvalue weighted by Crippen LogP contribution is -2.51. The summed E-state index contributed by atoms with van der Waals surface area (Å²) in [5.41, 5.74) is 0.122. The number of carbonyl (C=O) groups excluding carboxylic acids is 1. The second kappa shape index (κ2) is 8.67. The average Bonchev–Trinajstić information content (AvgIpc) is 3.16. The Morgan fingerprint density at radius 1 is 1.18 bits per heavy atom. The molecule has 2 aromatic rings. The molecule has 0 bridgehead atoms. The first-order chi connectivity index (χ1) is 13.4. The Labute approximate surface area is 170 Å². The maximum atomic E-state index is 13.3. The van der Waals surface area contributed by atoms with Crippen LogP contribution in [-0.2, 0) is 26.7 Å². The van der Waals surface area contributed by atoms with Crippen LogP contribution in [0, 0.1) is 0 Å². The molecule has 0 unspecified atom stereocenters. The summed E-state index contributed by atoms with van der Waals surface area (Å²) in [6, 6.07) is 9.60. The zero-order valence-corrected chi connectivity index (χ0v) is 17.9. The van der Waals surface area contributed by atoms with E-state index in [0.717, 1.165) is 23.4 Å². The molecule has 1 saturated heterocycles. The van der Waals surface area contributed by atoms with Gasteiger partial charge in [-0.25, -0.2) is 12.7 Å². The van der Waals surface area contributed by atoms with E-state index < -0.39 is 15.4 Å². The number of aryl methyl sites for hydroxylation is 1. The van der Waals surface area contributed by atoms with E-state index >= 15 is 0 Å². The Bertz CT molecular complexity index is 904. The van der Waals surface area contributed by atoms with Crippen molar-refractivity contribution in [3.8, 4) is 0 Å². The molecule has 0 saturated carbocycles. The third-order valence-electron chi connectivity index (χ3n) is 5.25. The summed E-state index contributed by atoms with van der Waals surface area (Å²) in [5, 5.41) is 12.5. The summed E-state index contributed by atoms with van der Waals surface area (Å²) < 4.78 is 26.0. The summed E-state index contributed by atoms with van der Waals surface area (Å²) in [7, 11) is -3.26. The minimum absolute atomic E-state index is 0.0719. The quantitative estimate of drug-likeness (QED) is 0.741. The van der Waals surface area contributed by atoms with Gasteiger partial charge in [-0.05, 0) is 31.7 Å². The number of carbonyl (C=O) groups is 1. The summed E-state index contributed by atoms with van der Waals surface area (Å²) in [4.78, 5) is 13.3. The number of hydrogen-bond donors (Lipinski definition) is 1. The molecular weight excluding hydrogens is 396 g/mol. The third-order valence-corrected chi connectivity index (χ3v) is 8.03. The van der Waals surface area contributed by atoms with Crippen molar-refractivity contribution in [3.63, 3.8) is 0 Å². The van der Waals surface area contributed by atoms with E-state index in [2.05, 4.69) is 22.4 Å². The Kier molecular flexibility index (Phi) is 6.47. The van der Waals surface area contributed by atoms with Crippen LogP contribution < -0.4 is 5.32 Å². The number of hydrogen-bond acceptors (Lipinski definition) is 6. The van der Waals surface area contributed by atoms with E-state index in [9.17, 15) is 13.2 Å². The number of nitrogens with zero attached hydrogens (tertiary/aromatic N) is 3. The number of nitrogens with one attached hydrogen (secondary N) is 1. The molecule has 0 atom stereocenters. The SMILES string of the molecule is CCCc1nnc(NC(=O)C2(c3ccccc3)CCN(S(=O)(=O)CC)CC2)s1. The van der Waals surface area contributed by atoms with E-state index in [0.29, 0.717) is 31.1 Å². The van der Waals surface area contributed by atoms with Gasteiger partial charge in [-0.3, -0.25) is 10.1 Å². The molecule has 3 rings (SSSR count). The van der Waals surface area contributed by atoms with Crippen LogP contribution in [0.25, 0.3) is 0 Å². The van der Waals surface area contributed by atoms with E-state index in [1.807, 2.05) is 30.3 Å². The number of sulfonamides is 1. The van der Waals surface area contributed by atoms with Crippen LogP contribution in [-0.4, -0.2) is 47.7 Å². The average molecular weight is 423 g/mol. The van der Waals surface area contributed by atoms with Crippen molar-refractivity contribution in [2.45, 2.75) is 44.9 Å². The molecule has 0 spiro atoms. The Morgan fingerprint density at radius 2 is 1.86 bits per heavy atom. The van der Waals surface area contributed by atoms with Crippen LogP contribution in [0.15, 0.2) is 30.3 Å². The highest BCUT2D eigenvalue weighted by molar-refractivity contribution is 7.89. The van der Waals surface area contributed by atoms with Gasteiger partial charge >= 0.3 is 0 Å². The lowest BCUT2D eigenvalue weighted by atomic mass is 9.72. The van der Waals surface area contributed by atoms with Crippen molar-refractivity contribution >= 4 is 32.4 Å². The Morgan fingerprint density at radius 3 is 2.46 bits per heavy atom. The minimum atomic E-state index is -3.26. The summed E-state index contributed by atoms with van der Waals surface area (Å²) in [6.45, 7) is 4.37. The van der Waals surface area contributed by atoms with Gasteiger partial charge in [0.15, 0.2) is 0 Å². The molecule has 9 heteroatoms. The molecule has 0 radical (unpaired) electrons. The number of benzene rings is 1. The first-order valence-corrected chi connectivity index (χ1v) is 12.0. The molecule has 152 valence electrons. The Balaban J connectivity index is 1.85. The highest BCUT2D eigenvalue weighted by Crippen LogP contribution is 2.38. The first-order valence-electron chi connectivity index (χ1n) is 9.58. The van der Waals surface area contributed by atoms with Crippen molar-refractivity contribution in [2.24, 2.45) is 0 Å². The van der Waals surface area contributed by atoms with Gasteiger partial charge < -0.3 is 0 Å². The molecule has 7 nitrogen and oxygen atoms in total. The molecule has 1 fully saturated rings. The molecule has 1 amide bonds. The van der Waals surface area contributed by atoms with Gasteiger partial charge in [-0.2, -0.15) is 0 Å². The van der Waals surface area contributed by atoms with Gasteiger partial charge in [0.1, 0.15) is 5.01 Å². The lowest BCUT2D eigenvalue weighted by molar-refractivity contribution is -0.123. The third kappa shape index (κ3) is 4.26. The standard InChI is InChI=1S/C19H26N4O3S2/c1-3-8-16-21-22-18(27-16)20-17(24)19(15-9-6-5-7-10-15)11-13-23(14-12-19)28(25,26)4-2/h5-7,9-10H,3-4,8,11-14H2,1-2H3,(H,20,22,24). The number of piperidine rings is 1. The van der Waals surface area contributed by atoms with Gasteiger partial charge in [0.25, 0.3) is 0 Å². The summed E-state index contributed by atoms with van der Waals surface area (Å²) >= 11 is 1.39. The summed E-state index contributed by atoms with van der Waals surface area (Å²) in [6.07, 6.45) is 2.67. The van der Waals surface area contributed by atoms with Crippen LogP contribution in [0.5, 0.6) is 0 Å². The van der Waals surface area contributed by atoms with Crippen molar-refractivity contribution < 1.29 is 13.2 Å². The molecule has 1 aliphatic heterocycles. The molecule has 1 N–H and O–H groups in total. The van der Waals surface area contributed by atoms with Gasteiger partial charge in [-0.1, -0.05) is 48.6 Å². The second-order valence-corrected chi connectivity index (χ2v) is 10.3. The molecular formula is C19H26N4O3S2. The zero-order valence-electron chi connectivity index (χ0n) is 16.2. The summed E-state index contributed by atoms with van der Waals surface area (Å²) in [5.74, 6) is -0.0749. The first kappa shape index (κ1) is 20.9. The highest BCUT2D eigenvalue weighted by Gasteiger charge is 2.45. The maximum Gasteiger partial charge on any atom is 0.236 e. The maximum absolute atomic E-state index is 13.3. The predicted octanol–water partition coefficient (Wildman–Crippen LogP) is 2.81. The van der Waals surface area contributed by atoms with Crippen molar-refractivity contribution in [2.75, 3.05) is 24.2 Å². The van der Waals surface area contributed by atoms with Crippen molar-refractivity contribution in [1.82, 2.24) is 14.5 Å². The smallest absolute Gasteiger partial charge is 0.236 e. The highest BCUT2D eigenvalue weighted by atomic mass is 32.2. The molecule has 1 aromatic heterocycles. The topological polar surface area (TPSA) is 92.3 Å². The number of anilines is 1. The van der Waals surface area contributed by atoms with Gasteiger partial charge in [0.2, 0.25) is 21.1 Å². The van der Waals surface area contributed by atoms with Crippen LogP contribution >= 0.6 is 11.3 Å². The van der Waals surface area contributed by atoms with Gasteiger partial charge in [0, 0.05) is 19.5 Å². The van der Waals surface area contributed by atoms with E-state index in [1.54, 1.807) is 6.92 Å². The predicted molar refractivity (Wildman–Crippen MR) is 111 cm³/mol. The van der Waals surface area contributed by atoms with Crippen LogP contribution in [0.2, 0.25) is 0 Å². The fourth-order valence-electron chi connectivity index (χ4n) is 3.57. The monoisotopic (exact) mass is 422 g/mol. The van der Waals surface area contributed by atoms with Crippen LogP contribution in [0.4, 0.5) is 5.13 Å². The lowest BCUT2D eigenvalue weighted by Gasteiger charge is -2.40. The molecule has 1 aromatic carbocycles. The zero-order chi connectivity index (χ0) is 20.2. The van der Waals surface area contributed by atoms with Gasteiger partial charge in [0.05, 0.1) is 11.2 Å². The van der Waals surface area contributed by atoms with Crippen LogP contribution in [0.1, 0.15) is 43.7 Å². The van der Waals surface area contributed by atoms with Gasteiger partial charge in [-0.15, -0.1) is 10.2 Å². The van der Waals surface area contributed by atoms with Crippen molar-refractivity contribution in [1.29, 1.82) is 0 Å². The molecule has 28 heavy (non-hydrogen) atoms. The second-order valence-electron chi connectivity index (χ2n) is 6.95. The van der Waals surface area contributed by atoms with E-state index in [-0.39, 0.29) is 11.7 Å². The number of aromatic nitrogens is 2. The fraction of sp³-hybridized carbons (Fsp3) is 0.526. The number of rotatable bonds is 7. The van der Waals surface area contributed by atoms with Crippen molar-refractivity contribution in [3.05, 3.63) is 40.9 Å². The number of amides is 1. The Hall–Kier alpha value is -1.84. The molecule has 0 aliphatic carbocycles.